The molecule has 1 amide bonds. The molecular formula is C14H20N2O2. The molecule has 1 aliphatic rings. The number of piperidine rings is 1. The van der Waals surface area contributed by atoms with Crippen LogP contribution in [0.3, 0.4) is 0 Å². The van der Waals surface area contributed by atoms with Gasteiger partial charge in [-0.1, -0.05) is 0 Å². The molecule has 4 heteroatoms. The van der Waals surface area contributed by atoms with E-state index in [1.165, 1.54) is 0 Å². The lowest BCUT2D eigenvalue weighted by atomic mass is 9.96. The van der Waals surface area contributed by atoms with Crippen LogP contribution in [0.4, 0.5) is 5.69 Å². The Balaban J connectivity index is 1.90. The average molecular weight is 248 g/mol. The van der Waals surface area contributed by atoms with Crippen molar-refractivity contribution in [2.24, 2.45) is 5.92 Å². The van der Waals surface area contributed by atoms with Crippen molar-refractivity contribution in [3.63, 3.8) is 0 Å². The number of benzene rings is 1. The summed E-state index contributed by atoms with van der Waals surface area (Å²) in [6.07, 6.45) is 1.89. The van der Waals surface area contributed by atoms with Gasteiger partial charge in [-0.2, -0.15) is 0 Å². The van der Waals surface area contributed by atoms with Gasteiger partial charge in [0.2, 0.25) is 5.91 Å². The van der Waals surface area contributed by atoms with Crippen LogP contribution in [0, 0.1) is 5.92 Å². The van der Waals surface area contributed by atoms with Crippen LogP contribution in [0.25, 0.3) is 0 Å². The maximum Gasteiger partial charge on any atom is 0.227 e. The highest BCUT2D eigenvalue weighted by atomic mass is 16.5. The molecule has 0 unspecified atom stereocenters. The Bertz CT molecular complexity index is 395. The fourth-order valence-corrected chi connectivity index (χ4v) is 2.19. The second kappa shape index (κ2) is 5.87. The van der Waals surface area contributed by atoms with Gasteiger partial charge in [-0.15, -0.1) is 0 Å². The Labute approximate surface area is 108 Å². The van der Waals surface area contributed by atoms with E-state index in [9.17, 15) is 4.79 Å². The van der Waals surface area contributed by atoms with Gasteiger partial charge in [0.1, 0.15) is 5.75 Å². The monoisotopic (exact) mass is 248 g/mol. The molecule has 0 aliphatic carbocycles. The second-order valence-electron chi connectivity index (χ2n) is 4.80. The van der Waals surface area contributed by atoms with E-state index >= 15 is 0 Å². The molecule has 18 heavy (non-hydrogen) atoms. The first-order valence-electron chi connectivity index (χ1n) is 6.32. The molecule has 0 aromatic heterocycles. The van der Waals surface area contributed by atoms with E-state index in [1.54, 1.807) is 7.11 Å². The van der Waals surface area contributed by atoms with Crippen molar-refractivity contribution in [3.05, 3.63) is 24.3 Å². The number of amides is 1. The van der Waals surface area contributed by atoms with Crippen molar-refractivity contribution >= 4 is 11.6 Å². The van der Waals surface area contributed by atoms with Gasteiger partial charge in [-0.3, -0.25) is 4.79 Å². The molecule has 0 bridgehead atoms. The Morgan fingerprint density at radius 2 is 1.89 bits per heavy atom. The molecule has 98 valence electrons. The van der Waals surface area contributed by atoms with E-state index in [4.69, 9.17) is 4.74 Å². The Morgan fingerprint density at radius 3 is 2.44 bits per heavy atom. The van der Waals surface area contributed by atoms with Crippen LogP contribution in [0.15, 0.2) is 24.3 Å². The number of carbonyl (C=O) groups is 1. The molecule has 0 saturated carbocycles. The maximum absolute atomic E-state index is 12.1. The van der Waals surface area contributed by atoms with Crippen LogP contribution in [0.5, 0.6) is 5.75 Å². The Morgan fingerprint density at radius 1 is 1.28 bits per heavy atom. The number of anilines is 1. The SMILES string of the molecule is COc1ccc(NC(=O)C2CCN(C)CC2)cc1. The normalized spacial score (nSPS) is 17.4. The predicted octanol–water partition coefficient (Wildman–Crippen LogP) is 1.98. The third kappa shape index (κ3) is 3.23. The van der Waals surface area contributed by atoms with Crippen LogP contribution in [-0.2, 0) is 4.79 Å². The van der Waals surface area contributed by atoms with Gasteiger partial charge in [0.25, 0.3) is 0 Å². The van der Waals surface area contributed by atoms with E-state index in [-0.39, 0.29) is 11.8 Å². The fourth-order valence-electron chi connectivity index (χ4n) is 2.19. The van der Waals surface area contributed by atoms with Gasteiger partial charge in [0.05, 0.1) is 7.11 Å². The number of nitrogens with zero attached hydrogens (tertiary/aromatic N) is 1. The van der Waals surface area contributed by atoms with Crippen molar-refractivity contribution in [1.82, 2.24) is 4.90 Å². The van der Waals surface area contributed by atoms with Crippen LogP contribution in [-0.4, -0.2) is 38.1 Å². The lowest BCUT2D eigenvalue weighted by Crippen LogP contribution is -2.35. The Hall–Kier alpha value is -1.55. The minimum absolute atomic E-state index is 0.133. The first-order chi connectivity index (χ1) is 8.69. The molecule has 1 aromatic carbocycles. The zero-order chi connectivity index (χ0) is 13.0. The largest absolute Gasteiger partial charge is 0.497 e. The second-order valence-corrected chi connectivity index (χ2v) is 4.80. The highest BCUT2D eigenvalue weighted by molar-refractivity contribution is 5.92. The molecule has 1 aromatic rings. The zero-order valence-electron chi connectivity index (χ0n) is 11.0. The van der Waals surface area contributed by atoms with Crippen LogP contribution < -0.4 is 10.1 Å². The molecule has 0 radical (unpaired) electrons. The van der Waals surface area contributed by atoms with Gasteiger partial charge < -0.3 is 15.0 Å². The standard InChI is InChI=1S/C14H20N2O2/c1-16-9-7-11(8-10-16)14(17)15-12-3-5-13(18-2)6-4-12/h3-6,11H,7-10H2,1-2H3,(H,15,17). The third-order valence-corrected chi connectivity index (χ3v) is 3.45. The summed E-state index contributed by atoms with van der Waals surface area (Å²) in [7, 11) is 3.73. The molecule has 1 N–H and O–H groups in total. The lowest BCUT2D eigenvalue weighted by Gasteiger charge is -2.28. The summed E-state index contributed by atoms with van der Waals surface area (Å²) in [6.45, 7) is 2.00. The molecule has 0 atom stereocenters. The number of likely N-dealkylation sites (tertiary alicyclic amines) is 1. The summed E-state index contributed by atoms with van der Waals surface area (Å²) >= 11 is 0. The highest BCUT2D eigenvalue weighted by Crippen LogP contribution is 2.20. The molecule has 4 nitrogen and oxygen atoms in total. The molecule has 2 rings (SSSR count). The molecular weight excluding hydrogens is 228 g/mol. The van der Waals surface area contributed by atoms with Gasteiger partial charge in [0.15, 0.2) is 0 Å². The van der Waals surface area contributed by atoms with E-state index in [1.807, 2.05) is 24.3 Å². The number of hydrogen-bond donors (Lipinski definition) is 1. The van der Waals surface area contributed by atoms with Gasteiger partial charge in [0, 0.05) is 11.6 Å². The summed E-state index contributed by atoms with van der Waals surface area (Å²) < 4.78 is 5.08. The number of methoxy groups -OCH3 is 1. The van der Waals surface area contributed by atoms with Gasteiger partial charge >= 0.3 is 0 Å². The smallest absolute Gasteiger partial charge is 0.227 e. The number of nitrogens with one attached hydrogen (secondary N) is 1. The van der Waals surface area contributed by atoms with Crippen molar-refractivity contribution in [2.75, 3.05) is 32.6 Å². The van der Waals surface area contributed by atoms with Gasteiger partial charge in [-0.25, -0.2) is 0 Å². The number of hydrogen-bond acceptors (Lipinski definition) is 3. The number of carbonyl (C=O) groups excluding carboxylic acids is 1. The first kappa shape index (κ1) is 12.9. The zero-order valence-corrected chi connectivity index (χ0v) is 11.0. The number of rotatable bonds is 3. The van der Waals surface area contributed by atoms with Crippen LogP contribution in [0.1, 0.15) is 12.8 Å². The van der Waals surface area contributed by atoms with Crippen LogP contribution in [0.2, 0.25) is 0 Å². The third-order valence-electron chi connectivity index (χ3n) is 3.45. The molecule has 1 aliphatic heterocycles. The van der Waals surface area contributed by atoms with Crippen molar-refractivity contribution in [3.8, 4) is 5.75 Å². The molecule has 0 spiro atoms. The van der Waals surface area contributed by atoms with E-state index in [0.29, 0.717) is 0 Å². The summed E-state index contributed by atoms with van der Waals surface area (Å²) in [4.78, 5) is 14.3. The average Bonchev–Trinajstić information content (AvgIpc) is 2.40. The minimum Gasteiger partial charge on any atom is -0.497 e. The van der Waals surface area contributed by atoms with Crippen molar-refractivity contribution < 1.29 is 9.53 Å². The van der Waals surface area contributed by atoms with E-state index in [2.05, 4.69) is 17.3 Å². The van der Waals surface area contributed by atoms with E-state index < -0.39 is 0 Å². The summed E-state index contributed by atoms with van der Waals surface area (Å²) in [6, 6.07) is 7.44. The summed E-state index contributed by atoms with van der Waals surface area (Å²) in [5, 5.41) is 2.96. The van der Waals surface area contributed by atoms with E-state index in [0.717, 1.165) is 37.4 Å². The fraction of sp³-hybridized carbons (Fsp3) is 0.500. The van der Waals surface area contributed by atoms with Crippen LogP contribution >= 0.6 is 0 Å². The topological polar surface area (TPSA) is 41.6 Å². The quantitative estimate of drug-likeness (QED) is 0.889. The number of ether oxygens (including phenoxy) is 1. The summed E-state index contributed by atoms with van der Waals surface area (Å²) in [5.74, 6) is 1.07. The van der Waals surface area contributed by atoms with Gasteiger partial charge in [-0.05, 0) is 57.2 Å². The highest BCUT2D eigenvalue weighted by Gasteiger charge is 2.23. The molecule has 1 fully saturated rings. The minimum atomic E-state index is 0.133. The maximum atomic E-state index is 12.1. The summed E-state index contributed by atoms with van der Waals surface area (Å²) in [5.41, 5.74) is 0.833. The van der Waals surface area contributed by atoms with Crippen molar-refractivity contribution in [1.29, 1.82) is 0 Å². The first-order valence-corrected chi connectivity index (χ1v) is 6.32. The molecule has 1 heterocycles. The Kier molecular flexibility index (Phi) is 4.20. The van der Waals surface area contributed by atoms with Crippen molar-refractivity contribution in [2.45, 2.75) is 12.8 Å². The predicted molar refractivity (Wildman–Crippen MR) is 71.8 cm³/mol. The lowest BCUT2D eigenvalue weighted by molar-refractivity contribution is -0.121. The molecule has 1 saturated heterocycles.